The van der Waals surface area contributed by atoms with Gasteiger partial charge >= 0.3 is 0 Å². The van der Waals surface area contributed by atoms with Crippen LogP contribution in [-0.2, 0) is 9.59 Å². The first-order valence-electron chi connectivity index (χ1n) is 10.3. The molecule has 1 heterocycles. The first-order valence-corrected chi connectivity index (χ1v) is 10.3. The molecule has 0 radical (unpaired) electrons. The number of hydrazine groups is 1. The molecule has 0 aliphatic carbocycles. The van der Waals surface area contributed by atoms with E-state index in [0.717, 1.165) is 26.2 Å². The number of carbonyl (C=O) groups is 3. The monoisotopic (exact) mass is 424 g/mol. The molecule has 2 amide bonds. The summed E-state index contributed by atoms with van der Waals surface area (Å²) in [4.78, 5) is 39.7. The maximum Gasteiger partial charge on any atom is 0.276 e. The molecule has 31 heavy (non-hydrogen) atoms. The Labute approximate surface area is 182 Å². The maximum absolute atomic E-state index is 12.0. The number of piperazine rings is 1. The van der Waals surface area contributed by atoms with Gasteiger partial charge in [0.25, 0.3) is 5.91 Å². The van der Waals surface area contributed by atoms with Crippen molar-refractivity contribution in [3.05, 3.63) is 60.2 Å². The quantitative estimate of drug-likeness (QED) is 0.495. The van der Waals surface area contributed by atoms with E-state index in [0.29, 0.717) is 24.3 Å². The first-order chi connectivity index (χ1) is 15.0. The molecule has 0 unspecified atom stereocenters. The number of benzene rings is 2. The van der Waals surface area contributed by atoms with Gasteiger partial charge in [0.1, 0.15) is 5.75 Å². The number of nitrogens with one attached hydrogen (secondary N) is 2. The molecule has 164 valence electrons. The second-order valence-corrected chi connectivity index (χ2v) is 7.38. The number of hydrogen-bond acceptors (Lipinski definition) is 6. The molecule has 0 bridgehead atoms. The summed E-state index contributed by atoms with van der Waals surface area (Å²) >= 11 is 0. The SMILES string of the molecule is CC(=O)c1ccc(OCC(=O)NNC(=O)CCN2CCN(c3ccccc3)CC2)cc1. The number of nitrogens with zero attached hydrogens (tertiary/aromatic N) is 2. The number of para-hydroxylation sites is 1. The smallest absolute Gasteiger partial charge is 0.276 e. The van der Waals surface area contributed by atoms with Crippen molar-refractivity contribution in [1.29, 1.82) is 0 Å². The van der Waals surface area contributed by atoms with Gasteiger partial charge in [-0.3, -0.25) is 30.1 Å². The highest BCUT2D eigenvalue weighted by atomic mass is 16.5. The van der Waals surface area contributed by atoms with E-state index in [-0.39, 0.29) is 18.3 Å². The fraction of sp³-hybridized carbons (Fsp3) is 0.348. The van der Waals surface area contributed by atoms with E-state index in [1.807, 2.05) is 18.2 Å². The Morgan fingerprint density at radius 3 is 2.16 bits per heavy atom. The molecule has 8 nitrogen and oxygen atoms in total. The lowest BCUT2D eigenvalue weighted by Crippen LogP contribution is -2.48. The van der Waals surface area contributed by atoms with E-state index >= 15 is 0 Å². The molecule has 0 spiro atoms. The number of hydrogen-bond donors (Lipinski definition) is 2. The predicted octanol–water partition coefficient (Wildman–Crippen LogP) is 1.63. The van der Waals surface area contributed by atoms with Gasteiger partial charge in [-0.25, -0.2) is 0 Å². The Hall–Kier alpha value is -3.39. The van der Waals surface area contributed by atoms with Crippen LogP contribution >= 0.6 is 0 Å². The maximum atomic E-state index is 12.0. The molecule has 1 fully saturated rings. The second kappa shape index (κ2) is 11.1. The molecular weight excluding hydrogens is 396 g/mol. The van der Waals surface area contributed by atoms with Crippen molar-refractivity contribution in [3.8, 4) is 5.75 Å². The lowest BCUT2D eigenvalue weighted by molar-refractivity contribution is -0.130. The minimum atomic E-state index is -0.458. The largest absolute Gasteiger partial charge is 0.484 e. The van der Waals surface area contributed by atoms with Gasteiger partial charge in [-0.2, -0.15) is 0 Å². The lowest BCUT2D eigenvalue weighted by atomic mass is 10.1. The fourth-order valence-electron chi connectivity index (χ4n) is 3.30. The van der Waals surface area contributed by atoms with E-state index in [2.05, 4.69) is 32.8 Å². The van der Waals surface area contributed by atoms with Gasteiger partial charge in [-0.15, -0.1) is 0 Å². The van der Waals surface area contributed by atoms with Crippen LogP contribution in [0, 0.1) is 0 Å². The summed E-state index contributed by atoms with van der Waals surface area (Å²) in [5, 5.41) is 0. The summed E-state index contributed by atoms with van der Waals surface area (Å²) in [6.07, 6.45) is 0.305. The van der Waals surface area contributed by atoms with Crippen molar-refractivity contribution in [3.63, 3.8) is 0 Å². The summed E-state index contributed by atoms with van der Waals surface area (Å²) in [6, 6.07) is 16.8. The van der Waals surface area contributed by atoms with Gasteiger partial charge in [-0.1, -0.05) is 18.2 Å². The topological polar surface area (TPSA) is 91.0 Å². The molecule has 2 N–H and O–H groups in total. The lowest BCUT2D eigenvalue weighted by Gasteiger charge is -2.36. The molecule has 1 saturated heterocycles. The van der Waals surface area contributed by atoms with Crippen LogP contribution in [0.1, 0.15) is 23.7 Å². The third-order valence-corrected chi connectivity index (χ3v) is 5.12. The van der Waals surface area contributed by atoms with Crippen LogP contribution in [-0.4, -0.2) is 61.8 Å². The number of ether oxygens (including phenoxy) is 1. The fourth-order valence-corrected chi connectivity index (χ4v) is 3.30. The van der Waals surface area contributed by atoms with Gasteiger partial charge in [0.2, 0.25) is 5.91 Å². The van der Waals surface area contributed by atoms with E-state index in [1.54, 1.807) is 24.3 Å². The summed E-state index contributed by atoms with van der Waals surface area (Å²) < 4.78 is 5.35. The molecular formula is C23H28N4O4. The molecule has 1 aliphatic heterocycles. The van der Waals surface area contributed by atoms with Gasteiger partial charge < -0.3 is 9.64 Å². The Balaban J connectivity index is 1.29. The third kappa shape index (κ3) is 7.11. The van der Waals surface area contributed by atoms with Crippen molar-refractivity contribution in [1.82, 2.24) is 15.8 Å². The second-order valence-electron chi connectivity index (χ2n) is 7.38. The van der Waals surface area contributed by atoms with Crippen LogP contribution in [0.5, 0.6) is 5.75 Å². The Kier molecular flexibility index (Phi) is 8.00. The summed E-state index contributed by atoms with van der Waals surface area (Å²) in [7, 11) is 0. The zero-order valence-corrected chi connectivity index (χ0v) is 17.7. The van der Waals surface area contributed by atoms with Crippen LogP contribution < -0.4 is 20.5 Å². The highest BCUT2D eigenvalue weighted by molar-refractivity contribution is 5.94. The van der Waals surface area contributed by atoms with Gasteiger partial charge in [-0.05, 0) is 43.3 Å². The van der Waals surface area contributed by atoms with Gasteiger partial charge in [0.05, 0.1) is 0 Å². The normalized spacial score (nSPS) is 14.0. The third-order valence-electron chi connectivity index (χ3n) is 5.12. The molecule has 0 atom stereocenters. The van der Waals surface area contributed by atoms with Crippen LogP contribution in [0.3, 0.4) is 0 Å². The Morgan fingerprint density at radius 1 is 0.871 bits per heavy atom. The molecule has 2 aromatic carbocycles. The Morgan fingerprint density at radius 2 is 1.52 bits per heavy atom. The molecule has 3 rings (SSSR count). The van der Waals surface area contributed by atoms with Crippen molar-refractivity contribution < 1.29 is 19.1 Å². The van der Waals surface area contributed by atoms with Crippen molar-refractivity contribution in [2.24, 2.45) is 0 Å². The zero-order valence-electron chi connectivity index (χ0n) is 17.7. The first kappa shape index (κ1) is 22.3. The molecule has 1 aliphatic rings. The van der Waals surface area contributed by atoms with E-state index < -0.39 is 5.91 Å². The highest BCUT2D eigenvalue weighted by Crippen LogP contribution is 2.15. The van der Waals surface area contributed by atoms with Crippen molar-refractivity contribution in [2.45, 2.75) is 13.3 Å². The van der Waals surface area contributed by atoms with Crippen LogP contribution in [0.4, 0.5) is 5.69 Å². The summed E-state index contributed by atoms with van der Waals surface area (Å²) in [5.41, 5.74) is 6.57. The van der Waals surface area contributed by atoms with Crippen LogP contribution in [0.15, 0.2) is 54.6 Å². The number of rotatable bonds is 8. The number of anilines is 1. The average Bonchev–Trinajstić information content (AvgIpc) is 2.81. The van der Waals surface area contributed by atoms with Crippen molar-refractivity contribution in [2.75, 3.05) is 44.2 Å². The summed E-state index contributed by atoms with van der Waals surface area (Å²) in [5.74, 6) is -0.267. The van der Waals surface area contributed by atoms with E-state index in [1.165, 1.54) is 12.6 Å². The van der Waals surface area contributed by atoms with Crippen LogP contribution in [0.2, 0.25) is 0 Å². The van der Waals surface area contributed by atoms with Crippen LogP contribution in [0.25, 0.3) is 0 Å². The minimum Gasteiger partial charge on any atom is -0.484 e. The van der Waals surface area contributed by atoms with Crippen molar-refractivity contribution >= 4 is 23.3 Å². The molecule has 0 aromatic heterocycles. The Bertz CT molecular complexity index is 878. The van der Waals surface area contributed by atoms with Gasteiger partial charge in [0, 0.05) is 50.4 Å². The predicted molar refractivity (Wildman–Crippen MR) is 118 cm³/mol. The zero-order chi connectivity index (χ0) is 22.1. The number of amides is 2. The average molecular weight is 425 g/mol. The molecule has 8 heteroatoms. The molecule has 2 aromatic rings. The van der Waals surface area contributed by atoms with Gasteiger partial charge in [0.15, 0.2) is 12.4 Å². The number of ketones is 1. The highest BCUT2D eigenvalue weighted by Gasteiger charge is 2.17. The molecule has 0 saturated carbocycles. The number of Topliss-reactive ketones (excluding diaryl/α,β-unsaturated/α-hetero) is 1. The summed E-state index contributed by atoms with van der Waals surface area (Å²) in [6.45, 7) is 5.52. The van der Waals surface area contributed by atoms with E-state index in [9.17, 15) is 14.4 Å². The minimum absolute atomic E-state index is 0.0370. The van der Waals surface area contributed by atoms with E-state index in [4.69, 9.17) is 4.74 Å². The standard InChI is InChI=1S/C23H28N4O4/c1-18(28)19-7-9-21(10-8-19)31-17-23(30)25-24-22(29)11-12-26-13-15-27(16-14-26)20-5-3-2-4-6-20/h2-10H,11-17H2,1H3,(H,24,29)(H,25,30). The number of carbonyl (C=O) groups excluding carboxylic acids is 3.